The number of H-pyrrole nitrogens is 1. The fourth-order valence-corrected chi connectivity index (χ4v) is 3.94. The van der Waals surface area contributed by atoms with Gasteiger partial charge in [-0.3, -0.25) is 9.36 Å². The minimum atomic E-state index is -4.40. The zero-order valence-electron chi connectivity index (χ0n) is 15.9. The van der Waals surface area contributed by atoms with Crippen LogP contribution in [-0.4, -0.2) is 38.6 Å². The van der Waals surface area contributed by atoms with E-state index in [1.165, 1.54) is 24.3 Å². The molecule has 0 aliphatic carbocycles. The Labute approximate surface area is 169 Å². The Morgan fingerprint density at radius 2 is 1.77 bits per heavy atom. The zero-order valence-corrected chi connectivity index (χ0v) is 15.9. The van der Waals surface area contributed by atoms with E-state index >= 15 is 0 Å². The first-order valence-corrected chi connectivity index (χ1v) is 9.59. The number of carbonyl (C=O) groups excluding carboxylic acids is 1. The Morgan fingerprint density at radius 1 is 1.10 bits per heavy atom. The number of likely N-dealkylation sites (tertiary alicyclic amines) is 1. The van der Waals surface area contributed by atoms with Crippen LogP contribution in [0.15, 0.2) is 47.3 Å². The number of nitrogens with one attached hydrogen (secondary N) is 1. The third kappa shape index (κ3) is 3.92. The molecule has 1 aromatic heterocycles. The summed E-state index contributed by atoms with van der Waals surface area (Å²) in [4.78, 5) is 29.4. The molecule has 1 amide bonds. The number of piperidine rings is 1. The van der Waals surface area contributed by atoms with Crippen LogP contribution in [0.2, 0.25) is 0 Å². The van der Waals surface area contributed by atoms with Crippen molar-refractivity contribution in [1.29, 1.82) is 0 Å². The van der Waals surface area contributed by atoms with Gasteiger partial charge in [-0.15, -0.1) is 0 Å². The number of hydrogen-bond donors (Lipinski definition) is 2. The smallest absolute Gasteiger partial charge is 0.416 e. The van der Waals surface area contributed by atoms with E-state index in [0.29, 0.717) is 42.5 Å². The van der Waals surface area contributed by atoms with E-state index < -0.39 is 11.7 Å². The molecule has 1 saturated heterocycles. The lowest BCUT2D eigenvalue weighted by atomic mass is 10.0. The van der Waals surface area contributed by atoms with Crippen LogP contribution < -0.4 is 5.69 Å². The van der Waals surface area contributed by atoms with Gasteiger partial charge >= 0.3 is 11.9 Å². The Kier molecular flexibility index (Phi) is 5.05. The molecule has 0 radical (unpaired) electrons. The summed E-state index contributed by atoms with van der Waals surface area (Å²) in [6.45, 7) is 0.893. The van der Waals surface area contributed by atoms with Crippen molar-refractivity contribution in [2.24, 2.45) is 0 Å². The molecule has 4 rings (SSSR count). The summed E-state index contributed by atoms with van der Waals surface area (Å²) in [5.41, 5.74) is 0.784. The van der Waals surface area contributed by atoms with E-state index in [1.54, 1.807) is 15.5 Å². The molecular weight excluding hydrogens is 399 g/mol. The lowest BCUT2D eigenvalue weighted by molar-refractivity contribution is -0.137. The number of rotatable bonds is 3. The maximum atomic E-state index is 12.7. The van der Waals surface area contributed by atoms with Crippen LogP contribution in [0.25, 0.3) is 11.0 Å². The van der Waals surface area contributed by atoms with Crippen LogP contribution in [0.3, 0.4) is 0 Å². The molecule has 0 bridgehead atoms. The van der Waals surface area contributed by atoms with Crippen LogP contribution in [-0.2, 0) is 17.4 Å². The number of aromatic amines is 1. The molecule has 30 heavy (non-hydrogen) atoms. The Hall–Kier alpha value is -3.23. The first-order chi connectivity index (χ1) is 14.2. The molecular formula is C21H20F3N3O3. The number of imidazole rings is 1. The van der Waals surface area contributed by atoms with Gasteiger partial charge in [-0.1, -0.05) is 12.1 Å². The van der Waals surface area contributed by atoms with Gasteiger partial charge in [0.15, 0.2) is 0 Å². The molecule has 1 fully saturated rings. The van der Waals surface area contributed by atoms with Crippen molar-refractivity contribution in [2.45, 2.75) is 31.5 Å². The number of phenolic OH excluding ortho intramolecular Hbond substituents is 1. The molecule has 6 nitrogen and oxygen atoms in total. The molecule has 3 aromatic rings. The Balaban J connectivity index is 1.41. The number of carbonyl (C=O) groups is 1. The number of aromatic nitrogens is 2. The summed E-state index contributed by atoms with van der Waals surface area (Å²) in [5.74, 6) is -0.0865. The second kappa shape index (κ2) is 7.55. The summed E-state index contributed by atoms with van der Waals surface area (Å²) in [6.07, 6.45) is -3.23. The average Bonchev–Trinajstić information content (AvgIpc) is 3.02. The zero-order chi connectivity index (χ0) is 21.5. The van der Waals surface area contributed by atoms with E-state index in [0.717, 1.165) is 12.1 Å². The first-order valence-electron chi connectivity index (χ1n) is 9.59. The third-order valence-corrected chi connectivity index (χ3v) is 5.52. The number of phenols is 1. The van der Waals surface area contributed by atoms with Crippen molar-refractivity contribution >= 4 is 16.9 Å². The Morgan fingerprint density at radius 3 is 2.40 bits per heavy atom. The number of nitrogens with zero attached hydrogens (tertiary/aromatic N) is 2. The molecule has 0 unspecified atom stereocenters. The summed E-state index contributed by atoms with van der Waals surface area (Å²) in [5, 5.41) is 9.73. The van der Waals surface area contributed by atoms with E-state index in [2.05, 4.69) is 4.98 Å². The molecule has 2 N–H and O–H groups in total. The molecule has 0 saturated carbocycles. The molecule has 0 atom stereocenters. The summed E-state index contributed by atoms with van der Waals surface area (Å²) < 4.78 is 39.6. The van der Waals surface area contributed by atoms with Gasteiger partial charge in [-0.05, 0) is 42.7 Å². The lowest BCUT2D eigenvalue weighted by Crippen LogP contribution is -2.41. The van der Waals surface area contributed by atoms with Gasteiger partial charge in [0, 0.05) is 25.2 Å². The monoisotopic (exact) mass is 419 g/mol. The topological polar surface area (TPSA) is 78.3 Å². The second-order valence-corrected chi connectivity index (χ2v) is 7.49. The van der Waals surface area contributed by atoms with Gasteiger partial charge in [0.2, 0.25) is 5.91 Å². The number of fused-ring (bicyclic) bond motifs is 1. The van der Waals surface area contributed by atoms with Crippen molar-refractivity contribution in [3.05, 3.63) is 64.1 Å². The third-order valence-electron chi connectivity index (χ3n) is 5.52. The molecule has 0 spiro atoms. The average molecular weight is 419 g/mol. The van der Waals surface area contributed by atoms with Gasteiger partial charge in [0.25, 0.3) is 0 Å². The molecule has 1 aliphatic heterocycles. The second-order valence-electron chi connectivity index (χ2n) is 7.49. The van der Waals surface area contributed by atoms with Crippen LogP contribution in [0.5, 0.6) is 5.75 Å². The first kappa shape index (κ1) is 20.1. The van der Waals surface area contributed by atoms with E-state index in [-0.39, 0.29) is 29.8 Å². The standard InChI is InChI=1S/C21H20F3N3O3/c22-21(23,24)14-3-1-13(2-4-14)11-19(29)26-9-7-15(8-10-26)27-18-12-16(28)5-6-17(18)25-20(27)30/h1-6,12,15,28H,7-11H2,(H,25,30). The highest BCUT2D eigenvalue weighted by atomic mass is 19.4. The molecule has 9 heteroatoms. The maximum absolute atomic E-state index is 12.7. The van der Waals surface area contributed by atoms with Crippen LogP contribution in [0.4, 0.5) is 13.2 Å². The number of benzene rings is 2. The number of amides is 1. The van der Waals surface area contributed by atoms with E-state index in [1.807, 2.05) is 0 Å². The minimum Gasteiger partial charge on any atom is -0.508 e. The quantitative estimate of drug-likeness (QED) is 0.683. The summed E-state index contributed by atoms with van der Waals surface area (Å²) >= 11 is 0. The predicted molar refractivity (Wildman–Crippen MR) is 104 cm³/mol. The Bertz CT molecular complexity index is 1120. The fraction of sp³-hybridized carbons (Fsp3) is 0.333. The summed E-state index contributed by atoms with van der Waals surface area (Å²) in [6, 6.07) is 9.19. The highest BCUT2D eigenvalue weighted by Crippen LogP contribution is 2.30. The lowest BCUT2D eigenvalue weighted by Gasteiger charge is -2.32. The molecule has 1 aliphatic rings. The largest absolute Gasteiger partial charge is 0.508 e. The summed E-state index contributed by atoms with van der Waals surface area (Å²) in [7, 11) is 0. The van der Waals surface area contributed by atoms with Crippen molar-refractivity contribution in [3.63, 3.8) is 0 Å². The van der Waals surface area contributed by atoms with Crippen LogP contribution >= 0.6 is 0 Å². The maximum Gasteiger partial charge on any atom is 0.416 e. The molecule has 2 aromatic carbocycles. The van der Waals surface area contributed by atoms with Gasteiger partial charge in [-0.2, -0.15) is 13.2 Å². The minimum absolute atomic E-state index is 0.0315. The van der Waals surface area contributed by atoms with E-state index in [4.69, 9.17) is 0 Å². The number of halogens is 3. The predicted octanol–water partition coefficient (Wildman–Crippen LogP) is 3.46. The van der Waals surface area contributed by atoms with Gasteiger partial charge in [-0.25, -0.2) is 4.79 Å². The van der Waals surface area contributed by atoms with Gasteiger partial charge in [0.1, 0.15) is 5.75 Å². The van der Waals surface area contributed by atoms with Crippen molar-refractivity contribution in [2.75, 3.05) is 13.1 Å². The molecule has 158 valence electrons. The number of hydrogen-bond acceptors (Lipinski definition) is 3. The SMILES string of the molecule is O=C(Cc1ccc(C(F)(F)F)cc1)N1CCC(n2c(=O)[nH]c3ccc(O)cc32)CC1. The van der Waals surface area contributed by atoms with Crippen molar-refractivity contribution in [3.8, 4) is 5.75 Å². The van der Waals surface area contributed by atoms with Crippen molar-refractivity contribution in [1.82, 2.24) is 14.5 Å². The van der Waals surface area contributed by atoms with Gasteiger partial charge < -0.3 is 15.0 Å². The van der Waals surface area contributed by atoms with E-state index in [9.17, 15) is 27.9 Å². The highest BCUT2D eigenvalue weighted by Gasteiger charge is 2.30. The normalized spacial score (nSPS) is 15.6. The highest BCUT2D eigenvalue weighted by molar-refractivity contribution is 5.79. The van der Waals surface area contributed by atoms with Gasteiger partial charge in [0.05, 0.1) is 23.0 Å². The number of aromatic hydroxyl groups is 1. The van der Waals surface area contributed by atoms with Crippen LogP contribution in [0.1, 0.15) is 30.0 Å². The number of alkyl halides is 3. The van der Waals surface area contributed by atoms with Crippen LogP contribution in [0, 0.1) is 0 Å². The fourth-order valence-electron chi connectivity index (χ4n) is 3.94. The molecule has 2 heterocycles. The van der Waals surface area contributed by atoms with Crippen molar-refractivity contribution < 1.29 is 23.1 Å².